The Balaban J connectivity index is 1.90. The summed E-state index contributed by atoms with van der Waals surface area (Å²) in [5, 5.41) is 19.4. The molecule has 2 aliphatic heterocycles. The summed E-state index contributed by atoms with van der Waals surface area (Å²) in [6.45, 7) is 0. The maximum Gasteiger partial charge on any atom is 0.258 e. The fraction of sp³-hybridized carbons (Fsp3) is 0.500. The predicted molar refractivity (Wildman–Crippen MR) is 66.3 cm³/mol. The molecule has 0 radical (unpaired) electrons. The van der Waals surface area contributed by atoms with E-state index in [1.807, 2.05) is 0 Å². The highest BCUT2D eigenvalue weighted by Crippen LogP contribution is 2.37. The van der Waals surface area contributed by atoms with Gasteiger partial charge in [-0.3, -0.25) is 4.79 Å². The van der Waals surface area contributed by atoms with Crippen molar-refractivity contribution in [2.24, 2.45) is 0 Å². The number of amides is 1. The molecule has 2 fully saturated rings. The number of piperidine rings is 1. The molecule has 19 heavy (non-hydrogen) atoms. The molecule has 2 unspecified atom stereocenters. The Morgan fingerprint density at radius 3 is 2.53 bits per heavy atom. The van der Waals surface area contributed by atoms with Crippen molar-refractivity contribution < 1.29 is 19.4 Å². The van der Waals surface area contributed by atoms with Crippen LogP contribution in [0, 0.1) is 5.82 Å². The smallest absolute Gasteiger partial charge is 0.258 e. The van der Waals surface area contributed by atoms with Gasteiger partial charge in [-0.2, -0.15) is 0 Å². The number of fused-ring (bicyclic) bond motifs is 2. The van der Waals surface area contributed by atoms with Crippen LogP contribution < -0.4 is 0 Å². The molecule has 0 saturated carbocycles. The van der Waals surface area contributed by atoms with Gasteiger partial charge in [0, 0.05) is 12.1 Å². The van der Waals surface area contributed by atoms with Crippen LogP contribution in [0.2, 0.25) is 0 Å². The first-order valence-electron chi connectivity index (χ1n) is 6.55. The number of carbonyl (C=O) groups is 1. The summed E-state index contributed by atoms with van der Waals surface area (Å²) in [6, 6.07) is 3.40. The summed E-state index contributed by atoms with van der Waals surface area (Å²) in [4.78, 5) is 14.2. The molecule has 3 rings (SSSR count). The molecule has 102 valence electrons. The van der Waals surface area contributed by atoms with Gasteiger partial charge in [-0.15, -0.1) is 0 Å². The molecule has 5 heteroatoms. The van der Waals surface area contributed by atoms with Crippen LogP contribution in [0.1, 0.15) is 36.0 Å². The number of aliphatic hydroxyl groups is 1. The quantitative estimate of drug-likeness (QED) is 0.811. The zero-order valence-corrected chi connectivity index (χ0v) is 10.4. The fourth-order valence-electron chi connectivity index (χ4n) is 3.30. The lowest BCUT2D eigenvalue weighted by Crippen LogP contribution is -2.48. The van der Waals surface area contributed by atoms with E-state index in [1.54, 1.807) is 4.90 Å². The van der Waals surface area contributed by atoms with Crippen LogP contribution in [0.15, 0.2) is 18.2 Å². The molecular weight excluding hydrogens is 249 g/mol. The Labute approximate surface area is 110 Å². The molecule has 0 spiro atoms. The highest BCUT2D eigenvalue weighted by molar-refractivity contribution is 5.97. The molecule has 1 amide bonds. The molecule has 1 aromatic rings. The number of rotatable bonds is 1. The number of nitrogens with zero attached hydrogens (tertiary/aromatic N) is 1. The van der Waals surface area contributed by atoms with Gasteiger partial charge >= 0.3 is 0 Å². The van der Waals surface area contributed by atoms with Gasteiger partial charge in [0.25, 0.3) is 5.91 Å². The monoisotopic (exact) mass is 265 g/mol. The number of aliphatic hydroxyl groups excluding tert-OH is 1. The number of halogens is 1. The summed E-state index contributed by atoms with van der Waals surface area (Å²) in [5.41, 5.74) is 0.00768. The van der Waals surface area contributed by atoms with Crippen molar-refractivity contribution in [1.82, 2.24) is 4.90 Å². The Kier molecular flexibility index (Phi) is 2.93. The second-order valence-electron chi connectivity index (χ2n) is 5.38. The highest BCUT2D eigenvalue weighted by atomic mass is 19.1. The summed E-state index contributed by atoms with van der Waals surface area (Å²) >= 11 is 0. The van der Waals surface area contributed by atoms with Gasteiger partial charge in [-0.05, 0) is 43.9 Å². The lowest BCUT2D eigenvalue weighted by Gasteiger charge is -2.37. The molecule has 2 atom stereocenters. The Morgan fingerprint density at radius 2 is 1.89 bits per heavy atom. The second-order valence-corrected chi connectivity index (χ2v) is 5.38. The third-order valence-electron chi connectivity index (χ3n) is 4.13. The first kappa shape index (κ1) is 12.4. The average molecular weight is 265 g/mol. The van der Waals surface area contributed by atoms with Crippen molar-refractivity contribution in [1.29, 1.82) is 0 Å². The molecule has 2 heterocycles. The van der Waals surface area contributed by atoms with E-state index in [1.165, 1.54) is 6.07 Å². The van der Waals surface area contributed by atoms with Gasteiger partial charge in [-0.1, -0.05) is 0 Å². The summed E-state index contributed by atoms with van der Waals surface area (Å²) in [7, 11) is 0. The average Bonchev–Trinajstić information content (AvgIpc) is 2.64. The standard InChI is InChI=1S/C14H16FNO3/c15-8-1-4-13(18)12(5-8)14(19)16-9-2-3-10(16)7-11(17)6-9/h1,4-5,9-11,17-18H,2-3,6-7H2. The van der Waals surface area contributed by atoms with Gasteiger partial charge < -0.3 is 15.1 Å². The van der Waals surface area contributed by atoms with Crippen LogP contribution in [0.5, 0.6) is 5.75 Å². The largest absolute Gasteiger partial charge is 0.507 e. The molecule has 4 nitrogen and oxygen atoms in total. The highest BCUT2D eigenvalue weighted by Gasteiger charge is 2.43. The van der Waals surface area contributed by atoms with E-state index < -0.39 is 5.82 Å². The van der Waals surface area contributed by atoms with E-state index in [9.17, 15) is 19.4 Å². The molecule has 2 N–H and O–H groups in total. The van der Waals surface area contributed by atoms with Crippen LogP contribution in [-0.4, -0.2) is 39.2 Å². The van der Waals surface area contributed by atoms with Gasteiger partial charge in [0.2, 0.25) is 0 Å². The van der Waals surface area contributed by atoms with Crippen LogP contribution in [0.4, 0.5) is 4.39 Å². The zero-order valence-electron chi connectivity index (χ0n) is 10.4. The predicted octanol–water partition coefficient (Wildman–Crippen LogP) is 1.66. The van der Waals surface area contributed by atoms with Crippen LogP contribution in [0.3, 0.4) is 0 Å². The number of hydrogen-bond acceptors (Lipinski definition) is 3. The molecule has 2 saturated heterocycles. The summed E-state index contributed by atoms with van der Waals surface area (Å²) in [6.07, 6.45) is 2.51. The van der Waals surface area contributed by atoms with Crippen LogP contribution >= 0.6 is 0 Å². The Bertz CT molecular complexity index is 505. The third-order valence-corrected chi connectivity index (χ3v) is 4.13. The van der Waals surface area contributed by atoms with Gasteiger partial charge in [0.05, 0.1) is 11.7 Å². The lowest BCUT2D eigenvalue weighted by atomic mass is 9.98. The fourth-order valence-corrected chi connectivity index (χ4v) is 3.30. The number of aromatic hydroxyl groups is 1. The molecule has 0 aromatic heterocycles. The number of phenols is 1. The molecule has 2 aliphatic rings. The topological polar surface area (TPSA) is 60.8 Å². The minimum absolute atomic E-state index is 0.00363. The summed E-state index contributed by atoms with van der Waals surface area (Å²) in [5.74, 6) is -1.07. The first-order chi connectivity index (χ1) is 9.06. The number of phenolic OH excluding ortho intramolecular Hbond substituents is 1. The first-order valence-corrected chi connectivity index (χ1v) is 6.55. The second kappa shape index (κ2) is 4.49. The normalized spacial score (nSPS) is 29.6. The van der Waals surface area contributed by atoms with Crippen LogP contribution in [0.25, 0.3) is 0 Å². The number of carbonyl (C=O) groups excluding carboxylic acids is 1. The van der Waals surface area contributed by atoms with E-state index in [4.69, 9.17) is 0 Å². The SMILES string of the molecule is O=C(c1cc(F)ccc1O)N1C2CCC1CC(O)C2. The van der Waals surface area contributed by atoms with E-state index >= 15 is 0 Å². The summed E-state index contributed by atoms with van der Waals surface area (Å²) < 4.78 is 13.2. The maximum atomic E-state index is 13.2. The molecule has 2 bridgehead atoms. The lowest BCUT2D eigenvalue weighted by molar-refractivity contribution is 0.0284. The van der Waals surface area contributed by atoms with Crippen LogP contribution in [-0.2, 0) is 0 Å². The van der Waals surface area contributed by atoms with E-state index in [0.29, 0.717) is 12.8 Å². The minimum atomic E-state index is -0.537. The van der Waals surface area contributed by atoms with E-state index in [2.05, 4.69) is 0 Å². The van der Waals surface area contributed by atoms with Crippen molar-refractivity contribution in [2.45, 2.75) is 43.9 Å². The van der Waals surface area contributed by atoms with Crippen molar-refractivity contribution in [3.63, 3.8) is 0 Å². The minimum Gasteiger partial charge on any atom is -0.507 e. The van der Waals surface area contributed by atoms with Crippen molar-refractivity contribution in [3.8, 4) is 5.75 Å². The third kappa shape index (κ3) is 2.08. The molecule has 0 aliphatic carbocycles. The molecule has 1 aromatic carbocycles. The van der Waals surface area contributed by atoms with Gasteiger partial charge in [0.15, 0.2) is 0 Å². The van der Waals surface area contributed by atoms with Gasteiger partial charge in [-0.25, -0.2) is 4.39 Å². The Hall–Kier alpha value is -1.62. The molecular formula is C14H16FNO3. The maximum absolute atomic E-state index is 13.2. The zero-order chi connectivity index (χ0) is 13.6. The Morgan fingerprint density at radius 1 is 1.26 bits per heavy atom. The number of benzene rings is 1. The van der Waals surface area contributed by atoms with Crippen molar-refractivity contribution in [3.05, 3.63) is 29.6 Å². The van der Waals surface area contributed by atoms with Crippen molar-refractivity contribution in [2.75, 3.05) is 0 Å². The van der Waals surface area contributed by atoms with E-state index in [0.717, 1.165) is 25.0 Å². The van der Waals surface area contributed by atoms with Gasteiger partial charge in [0.1, 0.15) is 11.6 Å². The van der Waals surface area contributed by atoms with E-state index in [-0.39, 0.29) is 35.4 Å². The van der Waals surface area contributed by atoms with Crippen molar-refractivity contribution >= 4 is 5.91 Å². The number of hydrogen-bond donors (Lipinski definition) is 2.